The summed E-state index contributed by atoms with van der Waals surface area (Å²) in [5, 5.41) is 0. The molecule has 9 heteroatoms. The molecule has 2 aromatic rings. The summed E-state index contributed by atoms with van der Waals surface area (Å²) >= 11 is 0. The van der Waals surface area contributed by atoms with Gasteiger partial charge in [0.1, 0.15) is 11.6 Å². The molecule has 0 unspecified atom stereocenters. The Labute approximate surface area is 123 Å². The van der Waals surface area contributed by atoms with Crippen LogP contribution in [0.25, 0.3) is 0 Å². The number of alkyl halides is 3. The van der Waals surface area contributed by atoms with E-state index in [1.807, 2.05) is 4.72 Å². The van der Waals surface area contributed by atoms with E-state index in [0.29, 0.717) is 12.3 Å². The van der Waals surface area contributed by atoms with Gasteiger partial charge in [0.15, 0.2) is 0 Å². The van der Waals surface area contributed by atoms with Gasteiger partial charge in [-0.15, -0.1) is 0 Å². The standard InChI is InChI=1S/C13H10F4N2O2S/c14-11-4-2-1-3-9(11)8-22(20,21)19-12-6-5-10(7-18-12)13(15,16)17/h1-7H,8H2,(H,18,19). The molecule has 1 aromatic carbocycles. The van der Waals surface area contributed by atoms with Gasteiger partial charge in [0.25, 0.3) is 0 Å². The summed E-state index contributed by atoms with van der Waals surface area (Å²) in [4.78, 5) is 3.39. The average molecular weight is 334 g/mol. The number of pyridine rings is 1. The van der Waals surface area contributed by atoms with Gasteiger partial charge in [-0.05, 0) is 18.2 Å². The van der Waals surface area contributed by atoms with Crippen LogP contribution in [0.5, 0.6) is 0 Å². The third-order valence-electron chi connectivity index (χ3n) is 2.65. The van der Waals surface area contributed by atoms with Crippen LogP contribution >= 0.6 is 0 Å². The molecular weight excluding hydrogens is 324 g/mol. The Morgan fingerprint density at radius 2 is 1.77 bits per heavy atom. The van der Waals surface area contributed by atoms with E-state index in [4.69, 9.17) is 0 Å². The highest BCUT2D eigenvalue weighted by Gasteiger charge is 2.30. The SMILES string of the molecule is O=S(=O)(Cc1ccccc1F)Nc1ccc(C(F)(F)F)cn1. The van der Waals surface area contributed by atoms with Gasteiger partial charge in [0.05, 0.1) is 11.3 Å². The van der Waals surface area contributed by atoms with E-state index in [9.17, 15) is 26.0 Å². The molecule has 0 aliphatic rings. The molecule has 1 N–H and O–H groups in total. The van der Waals surface area contributed by atoms with Gasteiger partial charge < -0.3 is 0 Å². The number of sulfonamides is 1. The quantitative estimate of drug-likeness (QED) is 0.874. The minimum absolute atomic E-state index is 0.0538. The molecule has 1 aromatic heterocycles. The van der Waals surface area contributed by atoms with Gasteiger partial charge in [-0.2, -0.15) is 13.2 Å². The van der Waals surface area contributed by atoms with Crippen LogP contribution in [0.1, 0.15) is 11.1 Å². The van der Waals surface area contributed by atoms with E-state index < -0.39 is 33.3 Å². The summed E-state index contributed by atoms with van der Waals surface area (Å²) in [6, 6.07) is 6.90. The van der Waals surface area contributed by atoms with Gasteiger partial charge in [0.2, 0.25) is 10.0 Å². The summed E-state index contributed by atoms with van der Waals surface area (Å²) in [6.07, 6.45) is -4.04. The van der Waals surface area contributed by atoms with Gasteiger partial charge in [-0.3, -0.25) is 4.72 Å². The Kier molecular flexibility index (Phi) is 4.36. The maximum Gasteiger partial charge on any atom is 0.417 e. The molecule has 0 aliphatic heterocycles. The predicted molar refractivity (Wildman–Crippen MR) is 71.9 cm³/mol. The average Bonchev–Trinajstić information content (AvgIpc) is 2.40. The number of rotatable bonds is 4. The van der Waals surface area contributed by atoms with Crippen molar-refractivity contribution in [3.05, 3.63) is 59.5 Å². The van der Waals surface area contributed by atoms with Crippen molar-refractivity contribution in [2.24, 2.45) is 0 Å². The van der Waals surface area contributed by atoms with Crippen molar-refractivity contribution in [3.63, 3.8) is 0 Å². The zero-order chi connectivity index (χ0) is 16.4. The fourth-order valence-electron chi connectivity index (χ4n) is 1.64. The zero-order valence-corrected chi connectivity index (χ0v) is 11.7. The number of halogens is 4. The highest BCUT2D eigenvalue weighted by atomic mass is 32.2. The molecule has 0 bridgehead atoms. The van der Waals surface area contributed by atoms with E-state index in [2.05, 4.69) is 4.98 Å². The first kappa shape index (κ1) is 16.2. The maximum absolute atomic E-state index is 13.4. The molecule has 118 valence electrons. The van der Waals surface area contributed by atoms with Gasteiger partial charge in [-0.1, -0.05) is 18.2 Å². The van der Waals surface area contributed by atoms with Crippen LogP contribution in [-0.4, -0.2) is 13.4 Å². The topological polar surface area (TPSA) is 59.1 Å². The maximum atomic E-state index is 13.4. The second kappa shape index (κ2) is 5.91. The van der Waals surface area contributed by atoms with Crippen LogP contribution in [0.4, 0.5) is 23.4 Å². The Hall–Kier alpha value is -2.16. The van der Waals surface area contributed by atoms with Crippen molar-refractivity contribution in [1.29, 1.82) is 0 Å². The Morgan fingerprint density at radius 1 is 1.09 bits per heavy atom. The summed E-state index contributed by atoms with van der Waals surface area (Å²) < 4.78 is 76.2. The van der Waals surface area contributed by atoms with Crippen molar-refractivity contribution in [1.82, 2.24) is 4.98 Å². The van der Waals surface area contributed by atoms with Crippen LogP contribution in [0.15, 0.2) is 42.6 Å². The summed E-state index contributed by atoms with van der Waals surface area (Å²) in [5.74, 6) is -1.61. The van der Waals surface area contributed by atoms with Crippen molar-refractivity contribution < 1.29 is 26.0 Å². The number of hydrogen-bond acceptors (Lipinski definition) is 3. The molecule has 0 spiro atoms. The van der Waals surface area contributed by atoms with Gasteiger partial charge >= 0.3 is 6.18 Å². The number of nitrogens with one attached hydrogen (secondary N) is 1. The van der Waals surface area contributed by atoms with Crippen molar-refractivity contribution in [2.45, 2.75) is 11.9 Å². The Balaban J connectivity index is 2.14. The lowest BCUT2D eigenvalue weighted by molar-refractivity contribution is -0.137. The molecule has 0 fully saturated rings. The molecule has 4 nitrogen and oxygen atoms in total. The van der Waals surface area contributed by atoms with E-state index in [1.54, 1.807) is 0 Å². The molecule has 0 aliphatic carbocycles. The monoisotopic (exact) mass is 334 g/mol. The van der Waals surface area contributed by atoms with E-state index >= 15 is 0 Å². The first-order valence-corrected chi connectivity index (χ1v) is 7.60. The first-order valence-electron chi connectivity index (χ1n) is 5.94. The van der Waals surface area contributed by atoms with Crippen molar-refractivity contribution in [2.75, 3.05) is 4.72 Å². The lowest BCUT2D eigenvalue weighted by atomic mass is 10.2. The second-order valence-electron chi connectivity index (χ2n) is 4.38. The van der Waals surface area contributed by atoms with Crippen LogP contribution in [0.3, 0.4) is 0 Å². The molecule has 0 saturated heterocycles. The van der Waals surface area contributed by atoms with Crippen LogP contribution in [0, 0.1) is 5.82 Å². The summed E-state index contributed by atoms with van der Waals surface area (Å²) in [5.41, 5.74) is -1.05. The zero-order valence-electron chi connectivity index (χ0n) is 10.9. The van der Waals surface area contributed by atoms with Crippen molar-refractivity contribution in [3.8, 4) is 0 Å². The molecule has 0 radical (unpaired) electrons. The van der Waals surface area contributed by atoms with E-state index in [0.717, 1.165) is 12.1 Å². The van der Waals surface area contributed by atoms with Crippen molar-refractivity contribution >= 4 is 15.8 Å². The van der Waals surface area contributed by atoms with Crippen LogP contribution in [0.2, 0.25) is 0 Å². The minimum Gasteiger partial charge on any atom is -0.267 e. The van der Waals surface area contributed by atoms with Gasteiger partial charge in [-0.25, -0.2) is 17.8 Å². The minimum atomic E-state index is -4.56. The first-order chi connectivity index (χ1) is 10.2. The number of nitrogens with zero attached hydrogens (tertiary/aromatic N) is 1. The smallest absolute Gasteiger partial charge is 0.267 e. The van der Waals surface area contributed by atoms with E-state index in [-0.39, 0.29) is 11.4 Å². The lowest BCUT2D eigenvalue weighted by Gasteiger charge is -2.09. The number of hydrogen-bond donors (Lipinski definition) is 1. The Bertz CT molecular complexity index is 758. The molecule has 0 saturated carbocycles. The molecular formula is C13H10F4N2O2S. The molecule has 1 heterocycles. The second-order valence-corrected chi connectivity index (χ2v) is 6.10. The number of benzene rings is 1. The fraction of sp³-hybridized carbons (Fsp3) is 0.154. The molecule has 22 heavy (non-hydrogen) atoms. The predicted octanol–water partition coefficient (Wildman–Crippen LogP) is 3.18. The third-order valence-corrected chi connectivity index (χ3v) is 3.87. The van der Waals surface area contributed by atoms with Crippen LogP contribution in [-0.2, 0) is 22.0 Å². The largest absolute Gasteiger partial charge is 0.417 e. The summed E-state index contributed by atoms with van der Waals surface area (Å²) in [7, 11) is -3.99. The van der Waals surface area contributed by atoms with Crippen LogP contribution < -0.4 is 4.72 Å². The molecule has 0 amide bonds. The third kappa shape index (κ3) is 4.17. The number of anilines is 1. The van der Waals surface area contributed by atoms with E-state index in [1.165, 1.54) is 18.2 Å². The lowest BCUT2D eigenvalue weighted by Crippen LogP contribution is -2.17. The fourth-order valence-corrected chi connectivity index (χ4v) is 2.79. The highest BCUT2D eigenvalue weighted by Crippen LogP contribution is 2.29. The summed E-state index contributed by atoms with van der Waals surface area (Å²) in [6.45, 7) is 0. The Morgan fingerprint density at radius 3 is 2.32 bits per heavy atom. The normalized spacial score (nSPS) is 12.2. The van der Waals surface area contributed by atoms with Gasteiger partial charge in [0, 0.05) is 11.8 Å². The number of aromatic nitrogens is 1. The molecule has 0 atom stereocenters. The molecule has 2 rings (SSSR count). The highest BCUT2D eigenvalue weighted by molar-refractivity contribution is 7.91.